The average Bonchev–Trinajstić information content (AvgIpc) is 2.48. The van der Waals surface area contributed by atoms with Gasteiger partial charge in [0.25, 0.3) is 0 Å². The van der Waals surface area contributed by atoms with Crippen LogP contribution in [-0.4, -0.2) is 66.2 Å². The molecule has 10 nitrogen and oxygen atoms in total. The van der Waals surface area contributed by atoms with Gasteiger partial charge < -0.3 is 29.7 Å². The topological polar surface area (TPSA) is 157 Å². The Kier molecular flexibility index (Phi) is 4.56. The van der Waals surface area contributed by atoms with Gasteiger partial charge in [0.05, 0.1) is 6.61 Å². The van der Waals surface area contributed by atoms with Crippen molar-refractivity contribution in [1.82, 2.24) is 9.55 Å². The lowest BCUT2D eigenvalue weighted by Crippen LogP contribution is -2.55. The van der Waals surface area contributed by atoms with Gasteiger partial charge >= 0.3 is 5.69 Å². The Balaban J connectivity index is 2.45. The third kappa shape index (κ3) is 2.77. The molecule has 2 rings (SSSR count). The van der Waals surface area contributed by atoms with Crippen molar-refractivity contribution in [2.45, 2.75) is 30.5 Å². The van der Waals surface area contributed by atoms with Crippen molar-refractivity contribution in [2.24, 2.45) is 7.05 Å². The molecule has 0 amide bonds. The molecule has 0 bridgehead atoms. The van der Waals surface area contributed by atoms with E-state index in [-0.39, 0.29) is 11.4 Å². The summed E-state index contributed by atoms with van der Waals surface area (Å²) in [5.74, 6) is -0.248. The Labute approximate surface area is 118 Å². The second-order valence-corrected chi connectivity index (χ2v) is 4.80. The summed E-state index contributed by atoms with van der Waals surface area (Å²) in [4.78, 5) is 15.0. The van der Waals surface area contributed by atoms with Crippen molar-refractivity contribution in [3.05, 3.63) is 22.2 Å². The molecule has 1 unspecified atom stereocenters. The number of aromatic nitrogens is 2. The molecule has 6 N–H and O–H groups in total. The maximum absolute atomic E-state index is 11.4. The smallest absolute Gasteiger partial charge is 0.349 e. The number of anilines is 1. The largest absolute Gasteiger partial charge is 0.394 e. The van der Waals surface area contributed by atoms with Crippen molar-refractivity contribution in [2.75, 3.05) is 12.1 Å². The molecular formula is C11H17N3O7. The van der Waals surface area contributed by atoms with Gasteiger partial charge in [0.1, 0.15) is 30.5 Å². The van der Waals surface area contributed by atoms with E-state index in [1.165, 1.54) is 13.2 Å². The number of nitrogens with zero attached hydrogens (tertiary/aromatic N) is 2. The number of ether oxygens (including phenoxy) is 1. The van der Waals surface area contributed by atoms with E-state index in [2.05, 4.69) is 4.98 Å². The predicted molar refractivity (Wildman–Crippen MR) is 67.6 cm³/mol. The molecule has 1 aliphatic heterocycles. The lowest BCUT2D eigenvalue weighted by atomic mass is 9.92. The first kappa shape index (κ1) is 15.8. The molecule has 0 spiro atoms. The highest BCUT2D eigenvalue weighted by Gasteiger charge is 2.45. The van der Waals surface area contributed by atoms with Crippen molar-refractivity contribution >= 4 is 5.82 Å². The second-order valence-electron chi connectivity index (χ2n) is 4.80. The summed E-state index contributed by atoms with van der Waals surface area (Å²) < 4.78 is 6.43. The fourth-order valence-electron chi connectivity index (χ4n) is 2.22. The molecule has 1 fully saturated rings. The minimum atomic E-state index is -1.57. The molecule has 0 aromatic carbocycles. The van der Waals surface area contributed by atoms with E-state index in [4.69, 9.17) is 15.1 Å². The Morgan fingerprint density at radius 3 is 2.57 bits per heavy atom. The van der Waals surface area contributed by atoms with Crippen LogP contribution in [0.2, 0.25) is 0 Å². The highest BCUT2D eigenvalue weighted by molar-refractivity contribution is 5.42. The summed E-state index contributed by atoms with van der Waals surface area (Å²) in [6.45, 7) is -0.581. The Morgan fingerprint density at radius 1 is 1.33 bits per heavy atom. The zero-order valence-corrected chi connectivity index (χ0v) is 11.1. The van der Waals surface area contributed by atoms with Crippen molar-refractivity contribution in [1.29, 1.82) is 0 Å². The summed E-state index contributed by atoms with van der Waals surface area (Å²) in [6, 6.07) is 0. The third-order valence-electron chi connectivity index (χ3n) is 3.42. The van der Waals surface area contributed by atoms with Gasteiger partial charge in [-0.1, -0.05) is 0 Å². The van der Waals surface area contributed by atoms with Gasteiger partial charge in [0.2, 0.25) is 0 Å². The minimum absolute atomic E-state index is 0.0940. The molecular weight excluding hydrogens is 286 g/mol. The fraction of sp³-hybridized carbons (Fsp3) is 0.636. The van der Waals surface area contributed by atoms with Crippen LogP contribution in [-0.2, 0) is 11.8 Å². The third-order valence-corrected chi connectivity index (χ3v) is 3.42. The van der Waals surface area contributed by atoms with Crippen LogP contribution < -0.4 is 11.2 Å². The molecule has 1 aromatic heterocycles. The maximum Gasteiger partial charge on any atom is 0.349 e. The molecule has 1 aliphatic rings. The number of aliphatic hydroxyl groups excluding tert-OH is 4. The Morgan fingerprint density at radius 2 is 2.00 bits per heavy atom. The SMILES string of the molecule is Cn1cc(C2O[C@H](CO)[C@@H](O)[C@H](O)[C@H]2O)c(NO)nc1=O. The summed E-state index contributed by atoms with van der Waals surface area (Å²) in [5, 5.41) is 47.7. The quantitative estimate of drug-likeness (QED) is 0.322. The number of rotatable bonds is 3. The Bertz CT molecular complexity index is 561. The molecule has 0 saturated carbocycles. The summed E-state index contributed by atoms with van der Waals surface area (Å²) in [6.07, 6.45) is -5.63. The van der Waals surface area contributed by atoms with E-state index < -0.39 is 42.8 Å². The summed E-state index contributed by atoms with van der Waals surface area (Å²) >= 11 is 0. The van der Waals surface area contributed by atoms with Crippen LogP contribution in [0.3, 0.4) is 0 Å². The first-order valence-corrected chi connectivity index (χ1v) is 6.19. The monoisotopic (exact) mass is 303 g/mol. The summed E-state index contributed by atoms with van der Waals surface area (Å²) in [7, 11) is 1.41. The molecule has 118 valence electrons. The number of nitrogens with one attached hydrogen (secondary N) is 1. The number of aliphatic hydroxyl groups is 4. The van der Waals surface area contributed by atoms with E-state index in [9.17, 15) is 20.1 Å². The number of hydrogen-bond acceptors (Lipinski definition) is 9. The van der Waals surface area contributed by atoms with E-state index in [1.807, 2.05) is 0 Å². The zero-order valence-electron chi connectivity index (χ0n) is 11.1. The molecule has 0 aliphatic carbocycles. The van der Waals surface area contributed by atoms with Crippen LogP contribution in [0.15, 0.2) is 11.0 Å². The fourth-order valence-corrected chi connectivity index (χ4v) is 2.22. The van der Waals surface area contributed by atoms with Crippen LogP contribution in [0.1, 0.15) is 11.7 Å². The van der Waals surface area contributed by atoms with Gasteiger partial charge in [-0.25, -0.2) is 4.79 Å². The maximum atomic E-state index is 11.4. The number of aryl methyl sites for hydroxylation is 1. The molecule has 1 aromatic rings. The number of hydrogen-bond donors (Lipinski definition) is 6. The van der Waals surface area contributed by atoms with E-state index in [0.29, 0.717) is 0 Å². The molecule has 10 heteroatoms. The lowest BCUT2D eigenvalue weighted by Gasteiger charge is -2.40. The first-order chi connectivity index (χ1) is 9.90. The van der Waals surface area contributed by atoms with Crippen LogP contribution in [0.25, 0.3) is 0 Å². The normalized spacial score (nSPS) is 33.0. The van der Waals surface area contributed by atoms with Gasteiger partial charge in [-0.05, 0) is 0 Å². The van der Waals surface area contributed by atoms with E-state index >= 15 is 0 Å². The van der Waals surface area contributed by atoms with Crippen LogP contribution in [0.5, 0.6) is 0 Å². The lowest BCUT2D eigenvalue weighted by molar-refractivity contribution is -0.231. The molecule has 5 atom stereocenters. The highest BCUT2D eigenvalue weighted by Crippen LogP contribution is 2.34. The zero-order chi connectivity index (χ0) is 15.7. The summed E-state index contributed by atoms with van der Waals surface area (Å²) in [5.41, 5.74) is 1.16. The first-order valence-electron chi connectivity index (χ1n) is 6.19. The standard InChI is InChI=1S/C11H17N3O7/c1-14-2-4(10(13-20)12-11(14)19)9-8(18)7(17)6(16)5(3-15)21-9/h2,5-9,15-18,20H,3H2,1H3,(H,12,13,19)/t5-,6-,7+,8-,9?/m1/s1. The highest BCUT2D eigenvalue weighted by atomic mass is 16.5. The van der Waals surface area contributed by atoms with Gasteiger partial charge in [0.15, 0.2) is 5.82 Å². The van der Waals surface area contributed by atoms with Gasteiger partial charge in [-0.2, -0.15) is 4.98 Å². The molecule has 21 heavy (non-hydrogen) atoms. The van der Waals surface area contributed by atoms with Gasteiger partial charge in [-0.3, -0.25) is 10.7 Å². The molecule has 2 heterocycles. The van der Waals surface area contributed by atoms with E-state index in [1.54, 1.807) is 5.48 Å². The van der Waals surface area contributed by atoms with E-state index in [0.717, 1.165) is 4.57 Å². The Hall–Kier alpha value is -1.56. The van der Waals surface area contributed by atoms with Crippen molar-refractivity contribution in [3.8, 4) is 0 Å². The van der Waals surface area contributed by atoms with Gasteiger partial charge in [-0.15, -0.1) is 0 Å². The van der Waals surface area contributed by atoms with Crippen LogP contribution in [0.4, 0.5) is 5.82 Å². The van der Waals surface area contributed by atoms with Crippen molar-refractivity contribution in [3.63, 3.8) is 0 Å². The average molecular weight is 303 g/mol. The van der Waals surface area contributed by atoms with Gasteiger partial charge in [0, 0.05) is 18.8 Å². The van der Waals surface area contributed by atoms with Crippen LogP contribution >= 0.6 is 0 Å². The molecule has 0 radical (unpaired) electrons. The minimum Gasteiger partial charge on any atom is -0.394 e. The molecule has 1 saturated heterocycles. The predicted octanol–water partition coefficient (Wildman–Crippen LogP) is -2.90. The van der Waals surface area contributed by atoms with Crippen LogP contribution in [0, 0.1) is 0 Å². The second kappa shape index (κ2) is 6.05. The van der Waals surface area contributed by atoms with Crippen molar-refractivity contribution < 1.29 is 30.4 Å².